The van der Waals surface area contributed by atoms with E-state index < -0.39 is 0 Å². The molecule has 1 aromatic heterocycles. The molecule has 0 unspecified atom stereocenters. The van der Waals surface area contributed by atoms with E-state index >= 15 is 0 Å². The summed E-state index contributed by atoms with van der Waals surface area (Å²) in [5.41, 5.74) is 5.21. The molecule has 0 aliphatic heterocycles. The molecular weight excluding hydrogens is 510 g/mol. The van der Waals surface area contributed by atoms with Crippen LogP contribution in [0.25, 0.3) is 77.6 Å². The van der Waals surface area contributed by atoms with E-state index in [9.17, 15) is 0 Å². The molecule has 0 radical (unpaired) electrons. The van der Waals surface area contributed by atoms with Crippen LogP contribution in [0.2, 0.25) is 0 Å². The lowest BCUT2D eigenvalue weighted by atomic mass is 9.95. The van der Waals surface area contributed by atoms with E-state index in [0.29, 0.717) is 17.5 Å². The summed E-state index contributed by atoms with van der Waals surface area (Å²) in [6.07, 6.45) is 0. The quantitative estimate of drug-likeness (QED) is 0.211. The van der Waals surface area contributed by atoms with Crippen LogP contribution in [0.15, 0.2) is 152 Å². The zero-order valence-corrected chi connectivity index (χ0v) is 22.8. The Labute approximate surface area is 243 Å². The van der Waals surface area contributed by atoms with Gasteiger partial charge < -0.3 is 0 Å². The lowest BCUT2D eigenvalue weighted by Crippen LogP contribution is -2.00. The molecule has 196 valence electrons. The molecule has 0 saturated carbocycles. The molecule has 0 bridgehead atoms. The van der Waals surface area contributed by atoms with Crippen molar-refractivity contribution in [2.24, 2.45) is 0 Å². The third kappa shape index (κ3) is 4.29. The van der Waals surface area contributed by atoms with Crippen molar-refractivity contribution in [2.75, 3.05) is 0 Å². The Balaban J connectivity index is 1.32. The number of hydrogen-bond acceptors (Lipinski definition) is 3. The van der Waals surface area contributed by atoms with E-state index in [4.69, 9.17) is 15.0 Å². The predicted octanol–water partition coefficient (Wildman–Crippen LogP) is 10.00. The molecule has 0 N–H and O–H groups in total. The minimum atomic E-state index is 0.655. The van der Waals surface area contributed by atoms with E-state index in [0.717, 1.165) is 22.3 Å². The molecule has 8 rings (SSSR count). The number of fused-ring (bicyclic) bond motifs is 5. The van der Waals surface area contributed by atoms with Gasteiger partial charge in [0.05, 0.1) is 0 Å². The van der Waals surface area contributed by atoms with Gasteiger partial charge in [-0.2, -0.15) is 0 Å². The van der Waals surface area contributed by atoms with E-state index in [1.54, 1.807) is 0 Å². The summed E-state index contributed by atoms with van der Waals surface area (Å²) in [5.74, 6) is 1.97. The standard InChI is InChI=1S/C39H25N3/c1-3-9-26(10-4-1)27-15-22-32(23-16-27)38-40-37(31-12-5-2-6-13-31)41-39(42-38)33-24-19-29-18-21-30-20-17-28-11-7-8-14-34(28)36(30)35(29)25-33/h1-25H. The third-order valence-electron chi connectivity index (χ3n) is 7.90. The van der Waals surface area contributed by atoms with Crippen LogP contribution in [0, 0.1) is 0 Å². The Hall–Kier alpha value is -5.67. The van der Waals surface area contributed by atoms with E-state index in [1.165, 1.54) is 37.9 Å². The maximum absolute atomic E-state index is 5.03. The van der Waals surface area contributed by atoms with Crippen molar-refractivity contribution in [3.63, 3.8) is 0 Å². The predicted molar refractivity (Wildman–Crippen MR) is 174 cm³/mol. The van der Waals surface area contributed by atoms with Crippen molar-refractivity contribution < 1.29 is 0 Å². The number of hydrogen-bond donors (Lipinski definition) is 0. The first-order valence-corrected chi connectivity index (χ1v) is 14.1. The van der Waals surface area contributed by atoms with Crippen molar-refractivity contribution in [1.82, 2.24) is 15.0 Å². The van der Waals surface area contributed by atoms with Gasteiger partial charge in [-0.25, -0.2) is 15.0 Å². The Morgan fingerprint density at radius 1 is 0.286 bits per heavy atom. The van der Waals surface area contributed by atoms with E-state index in [1.807, 2.05) is 36.4 Å². The first-order chi connectivity index (χ1) is 20.8. The Bertz CT molecular complexity index is 2220. The molecule has 1 heterocycles. The van der Waals surface area contributed by atoms with Gasteiger partial charge in [-0.15, -0.1) is 0 Å². The topological polar surface area (TPSA) is 38.7 Å². The molecule has 0 aliphatic rings. The summed E-state index contributed by atoms with van der Waals surface area (Å²) < 4.78 is 0. The van der Waals surface area contributed by atoms with Crippen LogP contribution in [-0.4, -0.2) is 15.0 Å². The SMILES string of the molecule is c1ccc(-c2ccc(-c3nc(-c4ccccc4)nc(-c4ccc5ccc6ccc7ccccc7c6c5c4)n3)cc2)cc1. The largest absolute Gasteiger partial charge is 0.208 e. The zero-order valence-electron chi connectivity index (χ0n) is 22.8. The number of nitrogens with zero attached hydrogens (tertiary/aromatic N) is 3. The Kier molecular flexibility index (Phi) is 5.79. The molecule has 3 nitrogen and oxygen atoms in total. The highest BCUT2D eigenvalue weighted by Gasteiger charge is 2.14. The molecule has 0 amide bonds. The number of rotatable bonds is 4. The second-order valence-corrected chi connectivity index (χ2v) is 10.5. The van der Waals surface area contributed by atoms with Crippen LogP contribution in [0.5, 0.6) is 0 Å². The van der Waals surface area contributed by atoms with Gasteiger partial charge in [0.15, 0.2) is 17.5 Å². The van der Waals surface area contributed by atoms with Crippen molar-refractivity contribution in [1.29, 1.82) is 0 Å². The normalized spacial score (nSPS) is 11.3. The van der Waals surface area contributed by atoms with Crippen molar-refractivity contribution >= 4 is 32.3 Å². The van der Waals surface area contributed by atoms with Crippen molar-refractivity contribution in [3.05, 3.63) is 152 Å². The smallest absolute Gasteiger partial charge is 0.164 e. The lowest BCUT2D eigenvalue weighted by molar-refractivity contribution is 1.07. The molecule has 0 atom stereocenters. The summed E-state index contributed by atoms with van der Waals surface area (Å²) in [4.78, 5) is 15.0. The molecule has 42 heavy (non-hydrogen) atoms. The summed E-state index contributed by atoms with van der Waals surface area (Å²) in [6.45, 7) is 0. The monoisotopic (exact) mass is 535 g/mol. The molecular formula is C39H25N3. The third-order valence-corrected chi connectivity index (χ3v) is 7.90. The fourth-order valence-electron chi connectivity index (χ4n) is 5.76. The fourth-order valence-corrected chi connectivity index (χ4v) is 5.76. The van der Waals surface area contributed by atoms with Crippen LogP contribution in [0.1, 0.15) is 0 Å². The summed E-state index contributed by atoms with van der Waals surface area (Å²) in [7, 11) is 0. The second-order valence-electron chi connectivity index (χ2n) is 10.5. The summed E-state index contributed by atoms with van der Waals surface area (Å²) >= 11 is 0. The Morgan fingerprint density at radius 3 is 1.40 bits per heavy atom. The van der Waals surface area contributed by atoms with Gasteiger partial charge in [-0.3, -0.25) is 0 Å². The molecule has 3 heteroatoms. The van der Waals surface area contributed by atoms with Crippen molar-refractivity contribution in [3.8, 4) is 45.3 Å². The number of benzene rings is 7. The summed E-state index contributed by atoms with van der Waals surface area (Å²) in [6, 6.07) is 52.9. The average Bonchev–Trinajstić information content (AvgIpc) is 3.08. The van der Waals surface area contributed by atoms with Gasteiger partial charge in [-0.05, 0) is 49.5 Å². The fraction of sp³-hybridized carbons (Fsp3) is 0. The van der Waals surface area contributed by atoms with Crippen LogP contribution in [-0.2, 0) is 0 Å². The average molecular weight is 536 g/mol. The van der Waals surface area contributed by atoms with Crippen LogP contribution in [0.3, 0.4) is 0 Å². The van der Waals surface area contributed by atoms with E-state index in [-0.39, 0.29) is 0 Å². The molecule has 0 saturated heterocycles. The molecule has 0 aliphatic carbocycles. The van der Waals surface area contributed by atoms with Gasteiger partial charge in [0.25, 0.3) is 0 Å². The van der Waals surface area contributed by atoms with E-state index in [2.05, 4.69) is 115 Å². The van der Waals surface area contributed by atoms with Crippen LogP contribution in [0.4, 0.5) is 0 Å². The number of aromatic nitrogens is 3. The summed E-state index contributed by atoms with van der Waals surface area (Å²) in [5, 5.41) is 7.34. The van der Waals surface area contributed by atoms with Gasteiger partial charge >= 0.3 is 0 Å². The molecule has 8 aromatic rings. The van der Waals surface area contributed by atoms with Gasteiger partial charge in [0.2, 0.25) is 0 Å². The maximum Gasteiger partial charge on any atom is 0.164 e. The lowest BCUT2D eigenvalue weighted by Gasteiger charge is -2.11. The van der Waals surface area contributed by atoms with Gasteiger partial charge in [0.1, 0.15) is 0 Å². The molecule has 0 fully saturated rings. The molecule has 7 aromatic carbocycles. The minimum Gasteiger partial charge on any atom is -0.208 e. The highest BCUT2D eigenvalue weighted by atomic mass is 15.0. The maximum atomic E-state index is 5.03. The second kappa shape index (κ2) is 10.1. The minimum absolute atomic E-state index is 0.655. The molecule has 0 spiro atoms. The zero-order chi connectivity index (χ0) is 27.9. The van der Waals surface area contributed by atoms with Gasteiger partial charge in [0, 0.05) is 16.7 Å². The highest BCUT2D eigenvalue weighted by Crippen LogP contribution is 2.35. The van der Waals surface area contributed by atoms with Gasteiger partial charge in [-0.1, -0.05) is 146 Å². The highest BCUT2D eigenvalue weighted by molar-refractivity contribution is 6.20. The van der Waals surface area contributed by atoms with Crippen LogP contribution >= 0.6 is 0 Å². The first-order valence-electron chi connectivity index (χ1n) is 14.1. The Morgan fingerprint density at radius 2 is 0.714 bits per heavy atom. The van der Waals surface area contributed by atoms with Crippen molar-refractivity contribution in [2.45, 2.75) is 0 Å². The van der Waals surface area contributed by atoms with Crippen LogP contribution < -0.4 is 0 Å². The first kappa shape index (κ1) is 24.2.